The Morgan fingerprint density at radius 1 is 0.969 bits per heavy atom. The third-order valence-corrected chi connectivity index (χ3v) is 5.68. The van der Waals surface area contributed by atoms with E-state index in [0.717, 1.165) is 48.2 Å². The smallest absolute Gasteiger partial charge is 0.426 e. The van der Waals surface area contributed by atoms with Crippen LogP contribution in [0.5, 0.6) is 0 Å². The molecule has 0 aliphatic carbocycles. The van der Waals surface area contributed by atoms with E-state index in [0.29, 0.717) is 5.69 Å². The second-order valence-corrected chi connectivity index (χ2v) is 8.00. The number of piperazine rings is 1. The first-order valence-electron chi connectivity index (χ1n) is 10.8. The van der Waals surface area contributed by atoms with Crippen molar-refractivity contribution < 1.29 is 14.3 Å². The van der Waals surface area contributed by atoms with Crippen molar-refractivity contribution in [3.8, 4) is 0 Å². The number of rotatable bonds is 4. The van der Waals surface area contributed by atoms with Crippen LogP contribution in [0.1, 0.15) is 12.5 Å². The Bertz CT molecular complexity index is 1090. The van der Waals surface area contributed by atoms with Gasteiger partial charge in [-0.3, -0.25) is 4.79 Å². The van der Waals surface area contributed by atoms with Gasteiger partial charge in [0.15, 0.2) is 0 Å². The zero-order valence-electron chi connectivity index (χ0n) is 18.5. The summed E-state index contributed by atoms with van der Waals surface area (Å²) in [5, 5.41) is 3.36. The molecule has 0 radical (unpaired) electrons. The van der Waals surface area contributed by atoms with Crippen LogP contribution in [-0.2, 0) is 16.1 Å². The lowest BCUT2D eigenvalue weighted by atomic mass is 10.1. The molecule has 7 heteroatoms. The number of ether oxygens (including phenoxy) is 1. The molecule has 1 aliphatic rings. The van der Waals surface area contributed by atoms with E-state index in [2.05, 4.69) is 40.5 Å². The molecule has 1 heterocycles. The predicted octanol–water partition coefficient (Wildman–Crippen LogP) is 3.79. The standard InChI is InChI=1S/C25H28N4O3/c1-19(30)29(26-25(31)32-18-20-7-4-3-5-8-20)22-12-11-21-9-6-10-24(23(21)17-22)28-15-13-27(2)14-16-28/h3-12,17H,13-16,18H2,1-2H3,(H,26,31). The number of carbonyl (C=O) groups excluding carboxylic acids is 2. The first kappa shape index (κ1) is 21.6. The van der Waals surface area contributed by atoms with Crippen LogP contribution in [0.25, 0.3) is 10.8 Å². The van der Waals surface area contributed by atoms with E-state index >= 15 is 0 Å². The second-order valence-electron chi connectivity index (χ2n) is 8.00. The van der Waals surface area contributed by atoms with Crippen molar-refractivity contribution in [1.82, 2.24) is 10.3 Å². The summed E-state index contributed by atoms with van der Waals surface area (Å²) in [5.41, 5.74) is 5.17. The topological polar surface area (TPSA) is 65.1 Å². The summed E-state index contributed by atoms with van der Waals surface area (Å²) in [5.74, 6) is -0.307. The first-order chi connectivity index (χ1) is 15.5. The van der Waals surface area contributed by atoms with E-state index in [-0.39, 0.29) is 12.5 Å². The lowest BCUT2D eigenvalue weighted by molar-refractivity contribution is -0.117. The molecule has 166 valence electrons. The van der Waals surface area contributed by atoms with Gasteiger partial charge in [-0.25, -0.2) is 15.2 Å². The number of nitrogens with one attached hydrogen (secondary N) is 1. The van der Waals surface area contributed by atoms with Crippen LogP contribution in [-0.4, -0.2) is 50.1 Å². The minimum Gasteiger partial charge on any atom is -0.443 e. The second kappa shape index (κ2) is 9.70. The quantitative estimate of drug-likeness (QED) is 0.636. The van der Waals surface area contributed by atoms with Crippen LogP contribution in [0.4, 0.5) is 16.2 Å². The Hall–Kier alpha value is -3.58. The minimum atomic E-state index is -0.684. The molecule has 1 saturated heterocycles. The molecule has 0 aromatic heterocycles. The number of amides is 2. The van der Waals surface area contributed by atoms with Crippen molar-refractivity contribution in [3.05, 3.63) is 72.3 Å². The molecule has 0 atom stereocenters. The average Bonchev–Trinajstić information content (AvgIpc) is 2.81. The molecule has 3 aromatic rings. The number of carbonyl (C=O) groups is 2. The van der Waals surface area contributed by atoms with Crippen molar-refractivity contribution in [2.75, 3.05) is 43.1 Å². The number of anilines is 2. The van der Waals surface area contributed by atoms with E-state index in [1.54, 1.807) is 0 Å². The maximum absolute atomic E-state index is 12.4. The number of likely N-dealkylation sites (N-methyl/N-ethyl adjacent to an activating group) is 1. The largest absolute Gasteiger partial charge is 0.443 e. The van der Waals surface area contributed by atoms with Crippen LogP contribution in [0, 0.1) is 0 Å². The van der Waals surface area contributed by atoms with Gasteiger partial charge in [0.1, 0.15) is 6.61 Å². The van der Waals surface area contributed by atoms with Gasteiger partial charge in [-0.15, -0.1) is 0 Å². The van der Waals surface area contributed by atoms with Crippen molar-refractivity contribution in [2.45, 2.75) is 13.5 Å². The molecule has 7 nitrogen and oxygen atoms in total. The molecule has 2 amide bonds. The van der Waals surface area contributed by atoms with Crippen molar-refractivity contribution >= 4 is 34.1 Å². The molecule has 4 rings (SSSR count). The SMILES string of the molecule is CC(=O)N(NC(=O)OCc1ccccc1)c1ccc2cccc(N3CCN(C)CC3)c2c1. The molecule has 32 heavy (non-hydrogen) atoms. The van der Waals surface area contributed by atoms with Gasteiger partial charge in [-0.1, -0.05) is 48.5 Å². The lowest BCUT2D eigenvalue weighted by Crippen LogP contribution is -2.45. The van der Waals surface area contributed by atoms with Crippen molar-refractivity contribution in [2.24, 2.45) is 0 Å². The van der Waals surface area contributed by atoms with Gasteiger partial charge in [-0.2, -0.15) is 0 Å². The van der Waals surface area contributed by atoms with Gasteiger partial charge in [0.2, 0.25) is 5.91 Å². The summed E-state index contributed by atoms with van der Waals surface area (Å²) in [6, 6.07) is 21.4. The Morgan fingerprint density at radius 3 is 2.44 bits per heavy atom. The van der Waals surface area contributed by atoms with E-state index in [1.807, 2.05) is 48.5 Å². The van der Waals surface area contributed by atoms with Crippen molar-refractivity contribution in [3.63, 3.8) is 0 Å². The van der Waals surface area contributed by atoms with E-state index in [4.69, 9.17) is 4.74 Å². The molecule has 3 aromatic carbocycles. The molecule has 0 spiro atoms. The fourth-order valence-corrected chi connectivity index (χ4v) is 3.88. The number of benzene rings is 3. The normalized spacial score (nSPS) is 14.2. The minimum absolute atomic E-state index is 0.129. The van der Waals surface area contributed by atoms with Crippen LogP contribution in [0.2, 0.25) is 0 Å². The summed E-state index contributed by atoms with van der Waals surface area (Å²) in [7, 11) is 2.13. The zero-order valence-corrected chi connectivity index (χ0v) is 18.5. The van der Waals surface area contributed by atoms with Crippen LogP contribution in [0.3, 0.4) is 0 Å². The number of fused-ring (bicyclic) bond motifs is 1. The third kappa shape index (κ3) is 5.00. The summed E-state index contributed by atoms with van der Waals surface area (Å²) in [6.07, 6.45) is -0.684. The number of hydrazine groups is 1. The Kier molecular flexibility index (Phi) is 6.56. The van der Waals surface area contributed by atoms with Gasteiger partial charge < -0.3 is 14.5 Å². The Labute approximate surface area is 188 Å². The highest BCUT2D eigenvalue weighted by molar-refractivity contribution is 6.00. The van der Waals surface area contributed by atoms with Crippen LogP contribution in [0.15, 0.2) is 66.7 Å². The molecule has 1 N–H and O–H groups in total. The molecule has 0 bridgehead atoms. The molecule has 0 saturated carbocycles. The lowest BCUT2D eigenvalue weighted by Gasteiger charge is -2.35. The average molecular weight is 433 g/mol. The first-order valence-corrected chi connectivity index (χ1v) is 10.8. The molecule has 0 unspecified atom stereocenters. The highest BCUT2D eigenvalue weighted by Gasteiger charge is 2.19. The monoisotopic (exact) mass is 432 g/mol. The number of hydrogen-bond donors (Lipinski definition) is 1. The number of nitrogens with zero attached hydrogens (tertiary/aromatic N) is 3. The molecular weight excluding hydrogens is 404 g/mol. The maximum atomic E-state index is 12.4. The summed E-state index contributed by atoms with van der Waals surface area (Å²) >= 11 is 0. The van der Waals surface area contributed by atoms with Crippen molar-refractivity contribution in [1.29, 1.82) is 0 Å². The summed E-state index contributed by atoms with van der Waals surface area (Å²) in [6.45, 7) is 5.44. The van der Waals surface area contributed by atoms with Gasteiger partial charge in [0.25, 0.3) is 0 Å². The van der Waals surface area contributed by atoms with Crippen LogP contribution >= 0.6 is 0 Å². The Balaban J connectivity index is 1.55. The van der Waals surface area contributed by atoms with E-state index in [9.17, 15) is 9.59 Å². The maximum Gasteiger partial charge on any atom is 0.426 e. The summed E-state index contributed by atoms with van der Waals surface area (Å²) < 4.78 is 5.29. The molecule has 1 fully saturated rings. The molecular formula is C25H28N4O3. The van der Waals surface area contributed by atoms with Gasteiger partial charge in [-0.05, 0) is 36.2 Å². The molecule has 1 aliphatic heterocycles. The summed E-state index contributed by atoms with van der Waals surface area (Å²) in [4.78, 5) is 29.4. The highest BCUT2D eigenvalue weighted by atomic mass is 16.6. The van der Waals surface area contributed by atoms with Crippen LogP contribution < -0.4 is 15.3 Å². The fraction of sp³-hybridized carbons (Fsp3) is 0.280. The highest BCUT2D eigenvalue weighted by Crippen LogP contribution is 2.31. The van der Waals surface area contributed by atoms with Gasteiger partial charge in [0, 0.05) is 44.2 Å². The number of hydrogen-bond acceptors (Lipinski definition) is 5. The van der Waals surface area contributed by atoms with E-state index in [1.165, 1.54) is 11.9 Å². The van der Waals surface area contributed by atoms with Gasteiger partial charge in [0.05, 0.1) is 5.69 Å². The third-order valence-electron chi connectivity index (χ3n) is 5.68. The fourth-order valence-electron chi connectivity index (χ4n) is 3.88. The van der Waals surface area contributed by atoms with E-state index < -0.39 is 6.09 Å². The zero-order chi connectivity index (χ0) is 22.5. The predicted molar refractivity (Wildman–Crippen MR) is 127 cm³/mol. The van der Waals surface area contributed by atoms with Gasteiger partial charge >= 0.3 is 6.09 Å². The Morgan fingerprint density at radius 2 is 1.72 bits per heavy atom.